The third kappa shape index (κ3) is 7.34. The highest BCUT2D eigenvalue weighted by molar-refractivity contribution is 5.73. The molecule has 17 heavy (non-hydrogen) atoms. The first-order valence-corrected chi connectivity index (χ1v) is 5.81. The summed E-state index contributed by atoms with van der Waals surface area (Å²) in [5.41, 5.74) is 0.862. The number of carbonyl (C=O) groups is 1. The largest absolute Gasteiger partial charge is 0.462 e. The van der Waals surface area contributed by atoms with E-state index in [1.54, 1.807) is 24.3 Å². The Kier molecular flexibility index (Phi) is 7.78. The topological polar surface area (TPSA) is 26.3 Å². The van der Waals surface area contributed by atoms with Gasteiger partial charge in [-0.25, -0.2) is 0 Å². The van der Waals surface area contributed by atoms with Crippen LogP contribution in [-0.4, -0.2) is 12.1 Å². The van der Waals surface area contributed by atoms with Crippen molar-refractivity contribution in [2.24, 2.45) is 5.92 Å². The number of ether oxygens (including phenoxy) is 1. The van der Waals surface area contributed by atoms with Gasteiger partial charge in [-0.3, -0.25) is 4.79 Å². The van der Waals surface area contributed by atoms with Crippen LogP contribution in [0.3, 0.4) is 0 Å². The Morgan fingerprint density at radius 1 is 1.24 bits per heavy atom. The van der Waals surface area contributed by atoms with E-state index in [0.717, 1.165) is 5.57 Å². The normalized spacial score (nSPS) is 13.8. The fourth-order valence-electron chi connectivity index (χ4n) is 1.07. The van der Waals surface area contributed by atoms with Crippen molar-refractivity contribution < 1.29 is 9.53 Å². The summed E-state index contributed by atoms with van der Waals surface area (Å²) >= 11 is 0. The van der Waals surface area contributed by atoms with Gasteiger partial charge in [0.25, 0.3) is 0 Å². The number of allylic oxidation sites excluding steroid dienone is 5. The lowest BCUT2D eigenvalue weighted by Crippen LogP contribution is -2.20. The number of rotatable bonds is 7. The van der Waals surface area contributed by atoms with Crippen LogP contribution < -0.4 is 0 Å². The lowest BCUT2D eigenvalue weighted by atomic mass is 10.1. The van der Waals surface area contributed by atoms with Gasteiger partial charge in [-0.15, -0.1) is 0 Å². The lowest BCUT2D eigenvalue weighted by Gasteiger charge is -2.16. The molecule has 94 valence electrons. The van der Waals surface area contributed by atoms with Crippen LogP contribution in [0.15, 0.2) is 49.1 Å². The van der Waals surface area contributed by atoms with Gasteiger partial charge in [0.2, 0.25) is 0 Å². The average Bonchev–Trinajstić information content (AvgIpc) is 2.25. The van der Waals surface area contributed by atoms with Gasteiger partial charge in [0.1, 0.15) is 6.10 Å². The van der Waals surface area contributed by atoms with Crippen LogP contribution in [0.4, 0.5) is 0 Å². The molecule has 0 saturated heterocycles. The van der Waals surface area contributed by atoms with Crippen LogP contribution in [0.2, 0.25) is 0 Å². The third-order valence-electron chi connectivity index (χ3n) is 2.38. The van der Waals surface area contributed by atoms with E-state index in [1.165, 1.54) is 0 Å². The zero-order chi connectivity index (χ0) is 13.3. The second kappa shape index (κ2) is 8.57. The summed E-state index contributed by atoms with van der Waals surface area (Å²) < 4.78 is 5.29. The van der Waals surface area contributed by atoms with Crippen LogP contribution in [0.1, 0.15) is 27.2 Å². The number of carbonyl (C=O) groups excluding carboxylic acids is 1. The molecule has 0 saturated carbocycles. The van der Waals surface area contributed by atoms with Crippen molar-refractivity contribution in [1.29, 1.82) is 0 Å². The molecule has 0 aromatic rings. The van der Waals surface area contributed by atoms with Gasteiger partial charge >= 0.3 is 5.97 Å². The Morgan fingerprint density at radius 3 is 2.35 bits per heavy atom. The van der Waals surface area contributed by atoms with E-state index in [0.29, 0.717) is 5.92 Å². The highest BCUT2D eigenvalue weighted by Crippen LogP contribution is 2.10. The van der Waals surface area contributed by atoms with Gasteiger partial charge in [0, 0.05) is 0 Å². The highest BCUT2D eigenvalue weighted by Gasteiger charge is 2.13. The standard InChI is InChI=1S/C15H22O2/c1-6-8-10-14(9-7-2)11-15(16)17-13(5)12(3)4/h6-10,12-13H,1-2,11H2,3-5H3/b10-8-,14-9+. The molecule has 2 nitrogen and oxygen atoms in total. The molecule has 0 heterocycles. The van der Waals surface area contributed by atoms with Crippen LogP contribution in [0.25, 0.3) is 0 Å². The molecule has 0 radical (unpaired) electrons. The molecule has 0 aromatic heterocycles. The second-order valence-electron chi connectivity index (χ2n) is 4.19. The fraction of sp³-hybridized carbons (Fsp3) is 0.400. The zero-order valence-corrected chi connectivity index (χ0v) is 11.0. The summed E-state index contributed by atoms with van der Waals surface area (Å²) in [7, 11) is 0. The molecule has 1 atom stereocenters. The van der Waals surface area contributed by atoms with Crippen LogP contribution in [-0.2, 0) is 9.53 Å². The minimum absolute atomic E-state index is 0.0594. The molecule has 0 bridgehead atoms. The summed E-state index contributed by atoms with van der Waals surface area (Å²) in [5.74, 6) is 0.113. The summed E-state index contributed by atoms with van der Waals surface area (Å²) in [6.07, 6.45) is 8.93. The molecule has 0 aliphatic carbocycles. The van der Waals surface area contributed by atoms with Gasteiger partial charge < -0.3 is 4.74 Å². The Hall–Kier alpha value is -1.57. The smallest absolute Gasteiger partial charge is 0.310 e. The Morgan fingerprint density at radius 2 is 1.88 bits per heavy atom. The molecule has 0 fully saturated rings. The van der Waals surface area contributed by atoms with Crippen molar-refractivity contribution >= 4 is 5.97 Å². The van der Waals surface area contributed by atoms with Crippen LogP contribution in [0.5, 0.6) is 0 Å². The number of esters is 1. The molecule has 0 spiro atoms. The van der Waals surface area contributed by atoms with Crippen molar-refractivity contribution in [2.45, 2.75) is 33.3 Å². The quantitative estimate of drug-likeness (QED) is 0.494. The van der Waals surface area contributed by atoms with E-state index in [1.807, 2.05) is 26.8 Å². The summed E-state index contributed by atoms with van der Waals surface area (Å²) in [6, 6.07) is 0. The first-order chi connectivity index (χ1) is 8.01. The van der Waals surface area contributed by atoms with Crippen molar-refractivity contribution in [3.8, 4) is 0 Å². The molecular formula is C15H22O2. The molecule has 0 aliphatic rings. The number of hydrogen-bond acceptors (Lipinski definition) is 2. The maximum absolute atomic E-state index is 11.6. The summed E-state index contributed by atoms with van der Waals surface area (Å²) in [5, 5.41) is 0. The van der Waals surface area contributed by atoms with Gasteiger partial charge in [-0.1, -0.05) is 57.4 Å². The van der Waals surface area contributed by atoms with Gasteiger partial charge in [0.05, 0.1) is 6.42 Å². The number of hydrogen-bond donors (Lipinski definition) is 0. The molecular weight excluding hydrogens is 212 g/mol. The predicted molar refractivity (Wildman–Crippen MR) is 72.6 cm³/mol. The first-order valence-electron chi connectivity index (χ1n) is 5.81. The van der Waals surface area contributed by atoms with Gasteiger partial charge in [0.15, 0.2) is 0 Å². The monoisotopic (exact) mass is 234 g/mol. The third-order valence-corrected chi connectivity index (χ3v) is 2.38. The van der Waals surface area contributed by atoms with E-state index in [4.69, 9.17) is 4.74 Å². The second-order valence-corrected chi connectivity index (χ2v) is 4.19. The molecule has 0 N–H and O–H groups in total. The predicted octanol–water partition coefficient (Wildman–Crippen LogP) is 3.82. The first kappa shape index (κ1) is 15.4. The van der Waals surface area contributed by atoms with Crippen LogP contribution >= 0.6 is 0 Å². The van der Waals surface area contributed by atoms with Crippen molar-refractivity contribution in [3.05, 3.63) is 49.1 Å². The molecule has 0 aromatic carbocycles. The Bertz CT molecular complexity index is 322. The van der Waals surface area contributed by atoms with Crippen molar-refractivity contribution in [1.82, 2.24) is 0 Å². The van der Waals surface area contributed by atoms with Gasteiger partial charge in [-0.05, 0) is 18.4 Å². The van der Waals surface area contributed by atoms with E-state index in [2.05, 4.69) is 13.2 Å². The highest BCUT2D eigenvalue weighted by atomic mass is 16.5. The minimum Gasteiger partial charge on any atom is -0.462 e. The van der Waals surface area contributed by atoms with E-state index < -0.39 is 0 Å². The maximum Gasteiger partial charge on any atom is 0.310 e. The molecule has 0 rings (SSSR count). The zero-order valence-electron chi connectivity index (χ0n) is 11.0. The van der Waals surface area contributed by atoms with Crippen molar-refractivity contribution in [3.63, 3.8) is 0 Å². The van der Waals surface area contributed by atoms with Gasteiger partial charge in [-0.2, -0.15) is 0 Å². The molecule has 0 amide bonds. The molecule has 2 heteroatoms. The average molecular weight is 234 g/mol. The summed E-state index contributed by atoms with van der Waals surface area (Å²) in [4.78, 5) is 11.6. The maximum atomic E-state index is 11.6. The van der Waals surface area contributed by atoms with E-state index in [-0.39, 0.29) is 18.5 Å². The Labute approximate surface area is 104 Å². The fourth-order valence-corrected chi connectivity index (χ4v) is 1.07. The lowest BCUT2D eigenvalue weighted by molar-refractivity contribution is -0.149. The Balaban J connectivity index is 4.41. The summed E-state index contributed by atoms with van der Waals surface area (Å²) in [6.45, 7) is 13.2. The SMILES string of the molecule is C=C/C=C\C(=C/C=C)CC(=O)OC(C)C(C)C. The van der Waals surface area contributed by atoms with E-state index >= 15 is 0 Å². The molecule has 1 unspecified atom stereocenters. The molecule has 0 aliphatic heterocycles. The van der Waals surface area contributed by atoms with Crippen LogP contribution in [0, 0.1) is 5.92 Å². The van der Waals surface area contributed by atoms with E-state index in [9.17, 15) is 4.79 Å². The minimum atomic E-state index is -0.215. The van der Waals surface area contributed by atoms with Crippen molar-refractivity contribution in [2.75, 3.05) is 0 Å².